The van der Waals surface area contributed by atoms with Crippen molar-refractivity contribution in [3.63, 3.8) is 0 Å². The van der Waals surface area contributed by atoms with Crippen LogP contribution in [0.3, 0.4) is 0 Å². The number of aliphatic hydroxyl groups excluding tert-OH is 1. The van der Waals surface area contributed by atoms with Crippen molar-refractivity contribution in [1.29, 1.82) is 0 Å². The predicted octanol–water partition coefficient (Wildman–Crippen LogP) is 1.36. The normalized spacial score (nSPS) is 26.8. The molecule has 1 aliphatic heterocycles. The van der Waals surface area contributed by atoms with E-state index in [2.05, 4.69) is 5.32 Å². The summed E-state index contributed by atoms with van der Waals surface area (Å²) in [5.74, 6) is -1.14. The highest BCUT2D eigenvalue weighted by Crippen LogP contribution is 2.25. The van der Waals surface area contributed by atoms with Crippen LogP contribution in [0.15, 0.2) is 18.2 Å². The van der Waals surface area contributed by atoms with E-state index in [1.807, 2.05) is 0 Å². The molecule has 0 saturated carbocycles. The minimum atomic E-state index is -0.568. The van der Waals surface area contributed by atoms with Crippen LogP contribution in [-0.4, -0.2) is 17.9 Å². The lowest BCUT2D eigenvalue weighted by Crippen LogP contribution is -2.19. The molecule has 0 spiro atoms. The van der Waals surface area contributed by atoms with Crippen molar-refractivity contribution < 1.29 is 13.9 Å². The van der Waals surface area contributed by atoms with Gasteiger partial charge in [0, 0.05) is 18.5 Å². The molecule has 4 heteroatoms. The van der Waals surface area contributed by atoms with Crippen LogP contribution in [0.25, 0.3) is 0 Å². The number of halogens is 2. The number of rotatable bonds is 1. The van der Waals surface area contributed by atoms with Gasteiger partial charge in [-0.15, -0.1) is 0 Å². The lowest BCUT2D eigenvalue weighted by atomic mass is 9.98. The van der Waals surface area contributed by atoms with E-state index >= 15 is 0 Å². The maximum absolute atomic E-state index is 12.9. The first-order valence-electron chi connectivity index (χ1n) is 4.52. The molecule has 0 amide bonds. The molecule has 1 aromatic carbocycles. The zero-order chi connectivity index (χ0) is 10.1. The molecule has 0 aromatic heterocycles. The van der Waals surface area contributed by atoms with E-state index in [4.69, 9.17) is 0 Å². The zero-order valence-electron chi connectivity index (χ0n) is 7.50. The van der Waals surface area contributed by atoms with E-state index < -0.39 is 17.9 Å². The number of aliphatic hydroxyl groups is 1. The molecule has 2 nitrogen and oxygen atoms in total. The Balaban J connectivity index is 2.23. The standard InChI is InChI=1S/C10H11F2NO/c11-8-1-6(2-9(12)4-8)7-3-10(14)13-5-7/h1-2,4,7,10,13-14H,3,5H2/t7-,10?/m0/s1. The predicted molar refractivity (Wildman–Crippen MR) is 47.7 cm³/mol. The van der Waals surface area contributed by atoms with Crippen molar-refractivity contribution in [3.05, 3.63) is 35.4 Å². The van der Waals surface area contributed by atoms with Crippen LogP contribution >= 0.6 is 0 Å². The Morgan fingerprint density at radius 1 is 1.21 bits per heavy atom. The molecule has 2 N–H and O–H groups in total. The molecule has 1 aromatic rings. The van der Waals surface area contributed by atoms with E-state index in [-0.39, 0.29) is 5.92 Å². The quantitative estimate of drug-likeness (QED) is 0.715. The molecule has 1 heterocycles. The van der Waals surface area contributed by atoms with Gasteiger partial charge in [0.05, 0.1) is 0 Å². The van der Waals surface area contributed by atoms with Crippen molar-refractivity contribution in [2.45, 2.75) is 18.6 Å². The van der Waals surface area contributed by atoms with Crippen molar-refractivity contribution in [2.75, 3.05) is 6.54 Å². The molecule has 14 heavy (non-hydrogen) atoms. The van der Waals surface area contributed by atoms with E-state index in [9.17, 15) is 13.9 Å². The number of nitrogens with one attached hydrogen (secondary N) is 1. The lowest BCUT2D eigenvalue weighted by molar-refractivity contribution is 0.159. The Labute approximate surface area is 80.6 Å². The largest absolute Gasteiger partial charge is 0.379 e. The van der Waals surface area contributed by atoms with Crippen LogP contribution in [0.1, 0.15) is 17.9 Å². The SMILES string of the molecule is OC1C[C@H](c2cc(F)cc(F)c2)CN1. The molecular weight excluding hydrogens is 188 g/mol. The second kappa shape index (κ2) is 3.63. The van der Waals surface area contributed by atoms with Crippen LogP contribution in [0.5, 0.6) is 0 Å². The number of benzene rings is 1. The molecule has 0 radical (unpaired) electrons. The number of hydrogen-bond donors (Lipinski definition) is 2. The Bertz CT molecular complexity index is 323. The molecule has 1 saturated heterocycles. The maximum Gasteiger partial charge on any atom is 0.126 e. The van der Waals surface area contributed by atoms with Gasteiger partial charge in [0.15, 0.2) is 0 Å². The lowest BCUT2D eigenvalue weighted by Gasteiger charge is -2.08. The van der Waals surface area contributed by atoms with Crippen LogP contribution in [0, 0.1) is 11.6 Å². The van der Waals surface area contributed by atoms with Gasteiger partial charge in [-0.2, -0.15) is 0 Å². The molecule has 0 bridgehead atoms. The molecule has 1 aliphatic rings. The average Bonchev–Trinajstić information content (AvgIpc) is 2.50. The topological polar surface area (TPSA) is 32.3 Å². The average molecular weight is 199 g/mol. The van der Waals surface area contributed by atoms with Gasteiger partial charge < -0.3 is 5.11 Å². The molecule has 2 atom stereocenters. The fourth-order valence-electron chi connectivity index (χ4n) is 1.78. The Morgan fingerprint density at radius 3 is 2.36 bits per heavy atom. The van der Waals surface area contributed by atoms with Crippen molar-refractivity contribution in [1.82, 2.24) is 5.32 Å². The smallest absolute Gasteiger partial charge is 0.126 e. The highest BCUT2D eigenvalue weighted by molar-refractivity contribution is 5.23. The second-order valence-corrected chi connectivity index (χ2v) is 3.56. The van der Waals surface area contributed by atoms with Gasteiger partial charge in [-0.3, -0.25) is 5.32 Å². The second-order valence-electron chi connectivity index (χ2n) is 3.56. The minimum Gasteiger partial charge on any atom is -0.379 e. The Morgan fingerprint density at radius 2 is 1.86 bits per heavy atom. The highest BCUT2D eigenvalue weighted by Gasteiger charge is 2.24. The fourth-order valence-corrected chi connectivity index (χ4v) is 1.78. The van der Waals surface area contributed by atoms with Crippen molar-refractivity contribution >= 4 is 0 Å². The highest BCUT2D eigenvalue weighted by atomic mass is 19.1. The Kier molecular flexibility index (Phi) is 2.48. The van der Waals surface area contributed by atoms with Gasteiger partial charge in [-0.05, 0) is 24.1 Å². The summed E-state index contributed by atoms with van der Waals surface area (Å²) < 4.78 is 25.7. The first-order valence-corrected chi connectivity index (χ1v) is 4.52. The summed E-state index contributed by atoms with van der Waals surface area (Å²) in [5, 5.41) is 12.0. The third-order valence-corrected chi connectivity index (χ3v) is 2.46. The molecule has 0 aliphatic carbocycles. The van der Waals surface area contributed by atoms with Crippen molar-refractivity contribution in [3.8, 4) is 0 Å². The molecule has 1 fully saturated rings. The van der Waals surface area contributed by atoms with Crippen LogP contribution < -0.4 is 5.32 Å². The molecular formula is C10H11F2NO. The van der Waals surface area contributed by atoms with Gasteiger partial charge in [-0.25, -0.2) is 8.78 Å². The summed E-state index contributed by atoms with van der Waals surface area (Å²) in [4.78, 5) is 0. The van der Waals surface area contributed by atoms with Gasteiger partial charge in [-0.1, -0.05) is 0 Å². The van der Waals surface area contributed by atoms with Crippen LogP contribution in [-0.2, 0) is 0 Å². The van der Waals surface area contributed by atoms with Crippen LogP contribution in [0.4, 0.5) is 8.78 Å². The third kappa shape index (κ3) is 1.91. The van der Waals surface area contributed by atoms with E-state index in [0.717, 1.165) is 6.07 Å². The summed E-state index contributed by atoms with van der Waals surface area (Å²) >= 11 is 0. The van der Waals surface area contributed by atoms with Crippen LogP contribution in [0.2, 0.25) is 0 Å². The number of hydrogen-bond acceptors (Lipinski definition) is 2. The Hall–Kier alpha value is -1.00. The van der Waals surface area contributed by atoms with E-state index in [0.29, 0.717) is 18.5 Å². The summed E-state index contributed by atoms with van der Waals surface area (Å²) in [7, 11) is 0. The minimum absolute atomic E-state index is 0.00444. The first-order chi connectivity index (χ1) is 6.65. The van der Waals surface area contributed by atoms with Gasteiger partial charge in [0.25, 0.3) is 0 Å². The summed E-state index contributed by atoms with van der Waals surface area (Å²) in [6.45, 7) is 0.560. The summed E-state index contributed by atoms with van der Waals surface area (Å²) in [5.41, 5.74) is 0.603. The summed E-state index contributed by atoms with van der Waals surface area (Å²) in [6.07, 6.45) is -0.0607. The monoisotopic (exact) mass is 199 g/mol. The summed E-state index contributed by atoms with van der Waals surface area (Å²) in [6, 6.07) is 3.48. The van der Waals surface area contributed by atoms with Crippen molar-refractivity contribution in [2.24, 2.45) is 0 Å². The molecule has 2 rings (SSSR count). The molecule has 76 valence electrons. The first kappa shape index (κ1) is 9.55. The van der Waals surface area contributed by atoms with E-state index in [1.165, 1.54) is 12.1 Å². The molecule has 1 unspecified atom stereocenters. The van der Waals surface area contributed by atoms with E-state index in [1.54, 1.807) is 0 Å². The third-order valence-electron chi connectivity index (χ3n) is 2.46. The van der Waals surface area contributed by atoms with Gasteiger partial charge >= 0.3 is 0 Å². The van der Waals surface area contributed by atoms with Gasteiger partial charge in [0.2, 0.25) is 0 Å². The van der Waals surface area contributed by atoms with Gasteiger partial charge in [0.1, 0.15) is 17.9 Å². The fraction of sp³-hybridized carbons (Fsp3) is 0.400. The maximum atomic E-state index is 12.9. The zero-order valence-corrected chi connectivity index (χ0v) is 7.50.